The van der Waals surface area contributed by atoms with E-state index in [1.54, 1.807) is 0 Å². The van der Waals surface area contributed by atoms with Crippen molar-refractivity contribution in [2.24, 2.45) is 5.92 Å². The Balaban J connectivity index is 2.01. The van der Waals surface area contributed by atoms with Crippen molar-refractivity contribution in [3.05, 3.63) is 29.8 Å². The van der Waals surface area contributed by atoms with Crippen LogP contribution in [0.1, 0.15) is 50.6 Å². The van der Waals surface area contributed by atoms with Gasteiger partial charge in [-0.2, -0.15) is 5.26 Å². The van der Waals surface area contributed by atoms with E-state index in [4.69, 9.17) is 4.74 Å². The lowest BCUT2D eigenvalue weighted by molar-refractivity contribution is -0.122. The molecule has 23 heavy (non-hydrogen) atoms. The van der Waals surface area contributed by atoms with Gasteiger partial charge in [-0.3, -0.25) is 4.90 Å². The fraction of sp³-hybridized carbons (Fsp3) is 0.632. The molecule has 4 heteroatoms. The van der Waals surface area contributed by atoms with Crippen LogP contribution in [0.25, 0.3) is 0 Å². The molecule has 0 bridgehead atoms. The second-order valence-electron chi connectivity index (χ2n) is 6.75. The Hall–Kier alpha value is -1.57. The average molecular weight is 314 g/mol. The predicted molar refractivity (Wildman–Crippen MR) is 89.1 cm³/mol. The maximum atomic E-state index is 11.2. The van der Waals surface area contributed by atoms with Crippen LogP contribution in [0, 0.1) is 17.2 Å². The summed E-state index contributed by atoms with van der Waals surface area (Å²) in [7, 11) is 0. The fourth-order valence-corrected chi connectivity index (χ4v) is 4.44. The zero-order valence-corrected chi connectivity index (χ0v) is 13.9. The second-order valence-corrected chi connectivity index (χ2v) is 6.75. The molecule has 0 amide bonds. The molecule has 1 aromatic carbocycles. The molecular formula is C19H26N2O2. The number of hydrogen-bond acceptors (Lipinski definition) is 4. The third kappa shape index (κ3) is 3.08. The molecule has 0 aromatic heterocycles. The van der Waals surface area contributed by atoms with Crippen molar-refractivity contribution in [3.8, 4) is 11.8 Å². The maximum absolute atomic E-state index is 11.2. The summed E-state index contributed by atoms with van der Waals surface area (Å²) in [5.41, 5.74) is 0.531. The quantitative estimate of drug-likeness (QED) is 0.867. The van der Waals surface area contributed by atoms with Gasteiger partial charge in [0.2, 0.25) is 0 Å². The topological polar surface area (TPSA) is 56.5 Å². The van der Waals surface area contributed by atoms with Gasteiger partial charge in [-0.1, -0.05) is 31.0 Å². The molecule has 4 nitrogen and oxygen atoms in total. The first-order valence-corrected chi connectivity index (χ1v) is 8.74. The number of piperidine rings is 1. The van der Waals surface area contributed by atoms with E-state index in [1.807, 2.05) is 25.1 Å². The Bertz CT molecular complexity index is 583. The first-order chi connectivity index (χ1) is 11.2. The van der Waals surface area contributed by atoms with Gasteiger partial charge >= 0.3 is 0 Å². The number of hydrogen-bond donors (Lipinski definition) is 1. The van der Waals surface area contributed by atoms with Crippen molar-refractivity contribution in [2.45, 2.75) is 50.7 Å². The summed E-state index contributed by atoms with van der Waals surface area (Å²) in [5, 5.41) is 20.4. The van der Waals surface area contributed by atoms with Crippen molar-refractivity contribution in [2.75, 3.05) is 19.7 Å². The van der Waals surface area contributed by atoms with Crippen LogP contribution in [0.2, 0.25) is 0 Å². The van der Waals surface area contributed by atoms with Crippen LogP contribution in [-0.2, 0) is 0 Å². The molecule has 124 valence electrons. The van der Waals surface area contributed by atoms with E-state index in [0.29, 0.717) is 13.2 Å². The number of benzene rings is 1. The van der Waals surface area contributed by atoms with Crippen molar-refractivity contribution < 1.29 is 9.84 Å². The summed E-state index contributed by atoms with van der Waals surface area (Å²) >= 11 is 0. The Morgan fingerprint density at radius 2 is 2.17 bits per heavy atom. The first-order valence-electron chi connectivity index (χ1n) is 8.74. The molecule has 1 aliphatic heterocycles. The van der Waals surface area contributed by atoms with Crippen LogP contribution in [0.15, 0.2) is 24.3 Å². The first kappa shape index (κ1) is 16.3. The van der Waals surface area contributed by atoms with E-state index in [-0.39, 0.29) is 12.0 Å². The number of nitriles is 1. The number of likely N-dealkylation sites (tertiary alicyclic amines) is 1. The lowest BCUT2D eigenvalue weighted by atomic mass is 9.66. The van der Waals surface area contributed by atoms with E-state index in [0.717, 1.165) is 50.0 Å². The summed E-state index contributed by atoms with van der Waals surface area (Å²) in [5.74, 6) is 1.07. The summed E-state index contributed by atoms with van der Waals surface area (Å²) in [6.45, 7) is 3.78. The fourth-order valence-electron chi connectivity index (χ4n) is 4.44. The predicted octanol–water partition coefficient (Wildman–Crippen LogP) is 3.28. The number of ether oxygens (including phenoxy) is 1. The van der Waals surface area contributed by atoms with Gasteiger partial charge in [-0.15, -0.1) is 0 Å². The number of aliphatic hydroxyl groups is 1. The SMILES string of the molecule is CCOc1ccccc1[C@H]1[C@@H]2CCCC[C@]2(O)CCN1CC#N. The molecule has 1 heterocycles. The smallest absolute Gasteiger partial charge is 0.124 e. The molecular weight excluding hydrogens is 288 g/mol. The highest BCUT2D eigenvalue weighted by atomic mass is 16.5. The minimum atomic E-state index is -0.589. The molecule has 2 fully saturated rings. The monoisotopic (exact) mass is 314 g/mol. The molecule has 1 saturated carbocycles. The van der Waals surface area contributed by atoms with Crippen LogP contribution in [0.3, 0.4) is 0 Å². The normalized spacial score (nSPS) is 31.2. The molecule has 3 atom stereocenters. The zero-order chi connectivity index (χ0) is 16.3. The summed E-state index contributed by atoms with van der Waals surface area (Å²) in [4.78, 5) is 2.22. The van der Waals surface area contributed by atoms with Gasteiger partial charge in [-0.25, -0.2) is 0 Å². The van der Waals surface area contributed by atoms with E-state index < -0.39 is 5.60 Å². The van der Waals surface area contributed by atoms with Crippen molar-refractivity contribution in [1.29, 1.82) is 5.26 Å². The lowest BCUT2D eigenvalue weighted by Crippen LogP contribution is -2.54. The van der Waals surface area contributed by atoms with Crippen molar-refractivity contribution in [3.63, 3.8) is 0 Å². The third-order valence-electron chi connectivity index (χ3n) is 5.48. The second kappa shape index (κ2) is 6.90. The molecule has 0 unspecified atom stereocenters. The largest absolute Gasteiger partial charge is 0.494 e. The van der Waals surface area contributed by atoms with Crippen LogP contribution in [-0.4, -0.2) is 35.3 Å². The van der Waals surface area contributed by atoms with Crippen LogP contribution >= 0.6 is 0 Å². The molecule has 1 aliphatic carbocycles. The Morgan fingerprint density at radius 1 is 1.35 bits per heavy atom. The van der Waals surface area contributed by atoms with Gasteiger partial charge < -0.3 is 9.84 Å². The minimum Gasteiger partial charge on any atom is -0.494 e. The zero-order valence-electron chi connectivity index (χ0n) is 13.9. The van der Waals surface area contributed by atoms with Crippen LogP contribution in [0.5, 0.6) is 5.75 Å². The van der Waals surface area contributed by atoms with Gasteiger partial charge in [0.25, 0.3) is 0 Å². The minimum absolute atomic E-state index is 0.0662. The molecule has 1 aromatic rings. The van der Waals surface area contributed by atoms with Gasteiger partial charge in [0.05, 0.1) is 24.8 Å². The Labute approximate surface area is 138 Å². The molecule has 3 rings (SSSR count). The number of nitrogens with zero attached hydrogens (tertiary/aromatic N) is 2. The number of para-hydroxylation sites is 1. The average Bonchev–Trinajstić information content (AvgIpc) is 2.56. The van der Waals surface area contributed by atoms with Gasteiger partial charge in [-0.05, 0) is 32.3 Å². The summed E-state index contributed by atoms with van der Waals surface area (Å²) in [6, 6.07) is 10.5. The van der Waals surface area contributed by atoms with Crippen molar-refractivity contribution >= 4 is 0 Å². The van der Waals surface area contributed by atoms with E-state index in [2.05, 4.69) is 17.0 Å². The van der Waals surface area contributed by atoms with Gasteiger partial charge in [0, 0.05) is 24.1 Å². The maximum Gasteiger partial charge on any atom is 0.124 e. The Kier molecular flexibility index (Phi) is 4.89. The summed E-state index contributed by atoms with van der Waals surface area (Å²) in [6.07, 6.45) is 4.92. The van der Waals surface area contributed by atoms with Crippen molar-refractivity contribution in [1.82, 2.24) is 4.90 Å². The number of rotatable bonds is 4. The molecule has 0 radical (unpaired) electrons. The molecule has 1 saturated heterocycles. The third-order valence-corrected chi connectivity index (χ3v) is 5.48. The molecule has 1 N–H and O–H groups in total. The van der Waals surface area contributed by atoms with E-state index in [1.165, 1.54) is 0 Å². The van der Waals surface area contributed by atoms with Crippen LogP contribution in [0.4, 0.5) is 0 Å². The molecule has 0 spiro atoms. The van der Waals surface area contributed by atoms with Gasteiger partial charge in [0.1, 0.15) is 5.75 Å². The highest BCUT2D eigenvalue weighted by Crippen LogP contribution is 2.50. The standard InChI is InChI=1S/C19H26N2O2/c1-2-23-17-9-4-3-7-15(17)18-16-8-5-6-10-19(16,22)11-13-21(18)14-12-20/h3-4,7,9,16,18,22H,2,5-6,8,10-11,13-14H2,1H3/t16-,18-,19-/m0/s1. The summed E-state index contributed by atoms with van der Waals surface area (Å²) < 4.78 is 5.84. The highest BCUT2D eigenvalue weighted by molar-refractivity contribution is 5.37. The van der Waals surface area contributed by atoms with Gasteiger partial charge in [0.15, 0.2) is 0 Å². The van der Waals surface area contributed by atoms with Crippen LogP contribution < -0.4 is 4.74 Å². The van der Waals surface area contributed by atoms with E-state index >= 15 is 0 Å². The number of fused-ring (bicyclic) bond motifs is 1. The lowest BCUT2D eigenvalue weighted by Gasteiger charge is -2.52. The van der Waals surface area contributed by atoms with E-state index in [9.17, 15) is 10.4 Å². The highest BCUT2D eigenvalue weighted by Gasteiger charge is 2.49. The Morgan fingerprint density at radius 3 is 2.96 bits per heavy atom. The molecule has 2 aliphatic rings.